The number of pyridine rings is 1. The van der Waals surface area contributed by atoms with Crippen LogP contribution in [0.5, 0.6) is 0 Å². The molecule has 2 aromatic rings. The molecule has 0 radical (unpaired) electrons. The Hall–Kier alpha value is -2.74. The third-order valence-corrected chi connectivity index (χ3v) is 7.31. The van der Waals surface area contributed by atoms with E-state index in [0.29, 0.717) is 11.8 Å². The summed E-state index contributed by atoms with van der Waals surface area (Å²) in [6, 6.07) is 6.24. The van der Waals surface area contributed by atoms with E-state index in [-0.39, 0.29) is 5.92 Å². The summed E-state index contributed by atoms with van der Waals surface area (Å²) in [7, 11) is 0. The van der Waals surface area contributed by atoms with Crippen LogP contribution in [0, 0.1) is 11.8 Å². The van der Waals surface area contributed by atoms with Crippen LogP contribution in [0.2, 0.25) is 0 Å². The van der Waals surface area contributed by atoms with Crippen molar-refractivity contribution < 1.29 is 9.53 Å². The first kappa shape index (κ1) is 22.1. The van der Waals surface area contributed by atoms with Gasteiger partial charge in [0.25, 0.3) is 0 Å². The number of ether oxygens (including phenoxy) is 1. The minimum absolute atomic E-state index is 0.136. The summed E-state index contributed by atoms with van der Waals surface area (Å²) >= 11 is 0. The molecule has 1 amide bonds. The zero-order valence-electron chi connectivity index (χ0n) is 19.3. The van der Waals surface area contributed by atoms with Crippen LogP contribution in [0.15, 0.2) is 36.9 Å². The van der Waals surface area contributed by atoms with Crippen molar-refractivity contribution in [1.82, 2.24) is 19.9 Å². The minimum atomic E-state index is 0.136. The maximum absolute atomic E-state index is 13.2. The fourth-order valence-electron chi connectivity index (χ4n) is 5.30. The van der Waals surface area contributed by atoms with E-state index < -0.39 is 0 Å². The van der Waals surface area contributed by atoms with Gasteiger partial charge in [-0.1, -0.05) is 6.07 Å². The van der Waals surface area contributed by atoms with Gasteiger partial charge in [0.1, 0.15) is 18.0 Å². The Morgan fingerprint density at radius 1 is 0.939 bits per heavy atom. The van der Waals surface area contributed by atoms with Crippen molar-refractivity contribution >= 4 is 17.5 Å². The Bertz CT molecular complexity index is 904. The van der Waals surface area contributed by atoms with Gasteiger partial charge in [-0.05, 0) is 49.7 Å². The first-order chi connectivity index (χ1) is 16.3. The van der Waals surface area contributed by atoms with Crippen LogP contribution < -0.4 is 9.80 Å². The van der Waals surface area contributed by atoms with Crippen molar-refractivity contribution in [3.8, 4) is 0 Å². The normalized spacial score (nSPS) is 20.8. The summed E-state index contributed by atoms with van der Waals surface area (Å²) in [6.07, 6.45) is 10.5. The molecule has 0 aromatic carbocycles. The van der Waals surface area contributed by atoms with E-state index in [4.69, 9.17) is 4.74 Å². The topological polar surface area (TPSA) is 74.7 Å². The molecule has 8 nitrogen and oxygen atoms in total. The first-order valence-corrected chi connectivity index (χ1v) is 12.3. The summed E-state index contributed by atoms with van der Waals surface area (Å²) in [4.78, 5) is 33.0. The Morgan fingerprint density at radius 2 is 1.64 bits per heavy atom. The summed E-state index contributed by atoms with van der Waals surface area (Å²) in [5, 5.41) is 0. The maximum atomic E-state index is 13.2. The molecule has 5 heterocycles. The average Bonchev–Trinajstić information content (AvgIpc) is 2.90. The van der Waals surface area contributed by atoms with Gasteiger partial charge in [0.15, 0.2) is 0 Å². The van der Waals surface area contributed by atoms with Gasteiger partial charge in [-0.2, -0.15) is 0 Å². The van der Waals surface area contributed by atoms with Crippen molar-refractivity contribution in [2.24, 2.45) is 11.8 Å². The number of likely N-dealkylation sites (tertiary alicyclic amines) is 1. The zero-order chi connectivity index (χ0) is 22.5. The molecular formula is C25H34N6O2. The molecule has 3 saturated heterocycles. The second-order valence-corrected chi connectivity index (χ2v) is 9.43. The van der Waals surface area contributed by atoms with Crippen LogP contribution in [0.25, 0.3) is 0 Å². The fourth-order valence-corrected chi connectivity index (χ4v) is 5.30. The second-order valence-electron chi connectivity index (χ2n) is 9.43. The Kier molecular flexibility index (Phi) is 7.00. The number of hydrogen-bond acceptors (Lipinski definition) is 7. The van der Waals surface area contributed by atoms with Gasteiger partial charge in [-0.25, -0.2) is 9.97 Å². The van der Waals surface area contributed by atoms with Crippen LogP contribution in [-0.2, 0) is 16.0 Å². The number of morpholine rings is 1. The highest BCUT2D eigenvalue weighted by atomic mass is 16.5. The molecular weight excluding hydrogens is 416 g/mol. The van der Waals surface area contributed by atoms with E-state index in [1.807, 2.05) is 18.5 Å². The fraction of sp³-hybridized carbons (Fsp3) is 0.600. The van der Waals surface area contributed by atoms with Gasteiger partial charge >= 0.3 is 0 Å². The smallest absolute Gasteiger partial charge is 0.225 e. The lowest BCUT2D eigenvalue weighted by Gasteiger charge is -2.38. The lowest BCUT2D eigenvalue weighted by atomic mass is 9.89. The Morgan fingerprint density at radius 3 is 2.30 bits per heavy atom. The van der Waals surface area contributed by atoms with E-state index in [2.05, 4.69) is 41.8 Å². The molecule has 0 spiro atoms. The van der Waals surface area contributed by atoms with E-state index in [0.717, 1.165) is 96.2 Å². The number of rotatable bonds is 5. The highest BCUT2D eigenvalue weighted by molar-refractivity contribution is 5.79. The predicted octanol–water partition coefficient (Wildman–Crippen LogP) is 2.41. The number of carbonyl (C=O) groups is 1. The standard InChI is InChI=1S/C25H34N6O2/c32-25(31-8-3-20(4-9-31)16-21-2-1-7-26-18-21)22-5-10-29(11-6-22)23-17-24(28-19-27-23)30-12-14-33-15-13-30/h1-2,7,17-20,22H,3-6,8-16H2. The number of carbonyl (C=O) groups excluding carboxylic acids is 1. The van der Waals surface area contributed by atoms with Crippen molar-refractivity contribution in [3.05, 3.63) is 42.5 Å². The van der Waals surface area contributed by atoms with E-state index in [1.165, 1.54) is 5.56 Å². The van der Waals surface area contributed by atoms with Crippen molar-refractivity contribution in [2.75, 3.05) is 62.3 Å². The van der Waals surface area contributed by atoms with Crippen LogP contribution >= 0.6 is 0 Å². The molecule has 5 rings (SSSR count). The Labute approximate surface area is 196 Å². The van der Waals surface area contributed by atoms with E-state index in [1.54, 1.807) is 6.33 Å². The molecule has 8 heteroatoms. The van der Waals surface area contributed by atoms with Gasteiger partial charge in [0.2, 0.25) is 5.91 Å². The molecule has 3 fully saturated rings. The zero-order valence-corrected chi connectivity index (χ0v) is 19.3. The summed E-state index contributed by atoms with van der Waals surface area (Å²) < 4.78 is 5.45. The van der Waals surface area contributed by atoms with E-state index in [9.17, 15) is 4.79 Å². The highest BCUT2D eigenvalue weighted by Gasteiger charge is 2.31. The van der Waals surface area contributed by atoms with Crippen LogP contribution in [0.3, 0.4) is 0 Å². The quantitative estimate of drug-likeness (QED) is 0.692. The number of nitrogens with zero attached hydrogens (tertiary/aromatic N) is 6. The summed E-state index contributed by atoms with van der Waals surface area (Å²) in [6.45, 7) is 6.73. The second kappa shape index (κ2) is 10.5. The van der Waals surface area contributed by atoms with Crippen molar-refractivity contribution in [3.63, 3.8) is 0 Å². The van der Waals surface area contributed by atoms with Gasteiger partial charge in [0, 0.05) is 63.6 Å². The molecule has 3 aliphatic rings. The summed E-state index contributed by atoms with van der Waals surface area (Å²) in [5.74, 6) is 3.07. The summed E-state index contributed by atoms with van der Waals surface area (Å²) in [5.41, 5.74) is 1.30. The van der Waals surface area contributed by atoms with Gasteiger partial charge in [0.05, 0.1) is 13.2 Å². The lowest BCUT2D eigenvalue weighted by molar-refractivity contribution is -0.137. The van der Waals surface area contributed by atoms with Crippen molar-refractivity contribution in [1.29, 1.82) is 0 Å². The first-order valence-electron chi connectivity index (χ1n) is 12.3. The largest absolute Gasteiger partial charge is 0.378 e. The molecule has 33 heavy (non-hydrogen) atoms. The molecule has 176 valence electrons. The molecule has 0 N–H and O–H groups in total. The molecule has 0 unspecified atom stereocenters. The van der Waals surface area contributed by atoms with Gasteiger partial charge < -0.3 is 19.4 Å². The van der Waals surface area contributed by atoms with Crippen molar-refractivity contribution in [2.45, 2.75) is 32.1 Å². The number of piperidine rings is 2. The Balaban J connectivity index is 1.10. The van der Waals surface area contributed by atoms with Crippen LogP contribution in [0.4, 0.5) is 11.6 Å². The third kappa shape index (κ3) is 5.43. The number of amides is 1. The van der Waals surface area contributed by atoms with Crippen LogP contribution in [-0.4, -0.2) is 78.2 Å². The number of hydrogen-bond donors (Lipinski definition) is 0. The van der Waals surface area contributed by atoms with Crippen LogP contribution in [0.1, 0.15) is 31.2 Å². The molecule has 0 aliphatic carbocycles. The minimum Gasteiger partial charge on any atom is -0.378 e. The number of anilines is 2. The molecule has 0 bridgehead atoms. The lowest BCUT2D eigenvalue weighted by Crippen LogP contribution is -2.45. The maximum Gasteiger partial charge on any atom is 0.225 e. The molecule has 2 aromatic heterocycles. The average molecular weight is 451 g/mol. The monoisotopic (exact) mass is 450 g/mol. The number of aromatic nitrogens is 3. The predicted molar refractivity (Wildman–Crippen MR) is 127 cm³/mol. The van der Waals surface area contributed by atoms with Gasteiger partial charge in [-0.15, -0.1) is 0 Å². The molecule has 3 aliphatic heterocycles. The molecule has 0 atom stereocenters. The van der Waals surface area contributed by atoms with E-state index >= 15 is 0 Å². The third-order valence-electron chi connectivity index (χ3n) is 7.31. The SMILES string of the molecule is O=C(C1CCN(c2cc(N3CCOCC3)ncn2)CC1)N1CCC(Cc2cccnc2)CC1. The highest BCUT2D eigenvalue weighted by Crippen LogP contribution is 2.28. The van der Waals surface area contributed by atoms with Gasteiger partial charge in [-0.3, -0.25) is 9.78 Å². The molecule has 0 saturated carbocycles.